The van der Waals surface area contributed by atoms with Gasteiger partial charge in [0.2, 0.25) is 0 Å². The number of benzene rings is 2. The van der Waals surface area contributed by atoms with Gasteiger partial charge < -0.3 is 23.7 Å². The fraction of sp³-hybridized carbons (Fsp3) is 0.429. The average Bonchev–Trinajstić information content (AvgIpc) is 3.29. The molecule has 2 heterocycles. The lowest BCUT2D eigenvalue weighted by atomic mass is 9.84. The zero-order valence-corrected chi connectivity index (χ0v) is 15.3. The minimum absolute atomic E-state index is 0.000451. The second kappa shape index (κ2) is 7.17. The van der Waals surface area contributed by atoms with Gasteiger partial charge in [-0.05, 0) is 23.8 Å². The second-order valence-electron chi connectivity index (χ2n) is 6.69. The number of ether oxygens (including phenoxy) is 5. The van der Waals surface area contributed by atoms with Crippen LogP contribution in [0.2, 0.25) is 0 Å². The Morgan fingerprint density at radius 2 is 1.38 bits per heavy atom. The van der Waals surface area contributed by atoms with Gasteiger partial charge in [0.25, 0.3) is 0 Å². The lowest BCUT2D eigenvalue weighted by molar-refractivity contribution is 0.0185. The van der Waals surface area contributed by atoms with E-state index in [2.05, 4.69) is 6.07 Å². The monoisotopic (exact) mass is 356 g/mol. The zero-order chi connectivity index (χ0) is 18.1. The van der Waals surface area contributed by atoms with Gasteiger partial charge >= 0.3 is 0 Å². The lowest BCUT2D eigenvalue weighted by Gasteiger charge is -2.19. The molecule has 0 radical (unpaired) electrons. The van der Waals surface area contributed by atoms with Crippen LogP contribution in [0.3, 0.4) is 0 Å². The highest BCUT2D eigenvalue weighted by Crippen LogP contribution is 2.52. The first-order chi connectivity index (χ1) is 12.8. The van der Waals surface area contributed by atoms with Crippen LogP contribution in [0.5, 0.6) is 17.2 Å². The SMILES string of the molecule is COc1ccc(C2OC[C@@H]3[C@@H](c4ccccc4OC)OC[C@H]23)cc1OC. The van der Waals surface area contributed by atoms with Crippen LogP contribution in [0, 0.1) is 11.8 Å². The van der Waals surface area contributed by atoms with Crippen molar-refractivity contribution in [3.05, 3.63) is 53.6 Å². The molecule has 2 fully saturated rings. The van der Waals surface area contributed by atoms with Gasteiger partial charge in [-0.1, -0.05) is 24.3 Å². The van der Waals surface area contributed by atoms with Crippen molar-refractivity contribution in [1.29, 1.82) is 0 Å². The highest BCUT2D eigenvalue weighted by molar-refractivity contribution is 5.44. The van der Waals surface area contributed by atoms with Crippen molar-refractivity contribution >= 4 is 0 Å². The molecule has 0 amide bonds. The van der Waals surface area contributed by atoms with Crippen LogP contribution in [0.15, 0.2) is 42.5 Å². The average molecular weight is 356 g/mol. The number of fused-ring (bicyclic) bond motifs is 1. The fourth-order valence-corrected chi connectivity index (χ4v) is 4.14. The summed E-state index contributed by atoms with van der Waals surface area (Å²) in [5, 5.41) is 0. The van der Waals surface area contributed by atoms with Crippen molar-refractivity contribution < 1.29 is 23.7 Å². The van der Waals surface area contributed by atoms with E-state index in [9.17, 15) is 0 Å². The maximum absolute atomic E-state index is 6.19. The van der Waals surface area contributed by atoms with Gasteiger partial charge in [0, 0.05) is 17.4 Å². The molecule has 2 aromatic carbocycles. The van der Waals surface area contributed by atoms with Crippen LogP contribution in [0.25, 0.3) is 0 Å². The second-order valence-corrected chi connectivity index (χ2v) is 6.69. The number of hydrogen-bond acceptors (Lipinski definition) is 5. The van der Waals surface area contributed by atoms with Gasteiger partial charge in [-0.2, -0.15) is 0 Å². The Hall–Kier alpha value is -2.24. The van der Waals surface area contributed by atoms with E-state index in [0.29, 0.717) is 25.0 Å². The normalized spacial score (nSPS) is 27.2. The predicted octanol–water partition coefficient (Wildman–Crippen LogP) is 3.79. The van der Waals surface area contributed by atoms with E-state index in [1.54, 1.807) is 21.3 Å². The first-order valence-corrected chi connectivity index (χ1v) is 8.85. The van der Waals surface area contributed by atoms with E-state index in [4.69, 9.17) is 23.7 Å². The number of para-hydroxylation sites is 1. The summed E-state index contributed by atoms with van der Waals surface area (Å²) in [5.74, 6) is 2.93. The predicted molar refractivity (Wildman–Crippen MR) is 96.9 cm³/mol. The van der Waals surface area contributed by atoms with Gasteiger partial charge in [0.1, 0.15) is 5.75 Å². The number of methoxy groups -OCH3 is 3. The van der Waals surface area contributed by atoms with Crippen LogP contribution in [0.1, 0.15) is 23.3 Å². The molecule has 2 saturated heterocycles. The van der Waals surface area contributed by atoms with Crippen molar-refractivity contribution in [2.24, 2.45) is 11.8 Å². The summed E-state index contributed by atoms with van der Waals surface area (Å²) in [6.45, 7) is 1.35. The third kappa shape index (κ3) is 2.81. The Bertz CT molecular complexity index is 775. The molecule has 26 heavy (non-hydrogen) atoms. The largest absolute Gasteiger partial charge is 0.496 e. The van der Waals surface area contributed by atoms with Crippen LogP contribution in [-0.2, 0) is 9.47 Å². The summed E-state index contributed by atoms with van der Waals surface area (Å²) in [7, 11) is 4.99. The fourth-order valence-electron chi connectivity index (χ4n) is 4.14. The van der Waals surface area contributed by atoms with E-state index in [1.165, 1.54) is 0 Å². The quantitative estimate of drug-likeness (QED) is 0.816. The van der Waals surface area contributed by atoms with Crippen LogP contribution < -0.4 is 14.2 Å². The van der Waals surface area contributed by atoms with Crippen LogP contribution in [-0.4, -0.2) is 34.5 Å². The maximum Gasteiger partial charge on any atom is 0.161 e. The Kier molecular flexibility index (Phi) is 4.74. The van der Waals surface area contributed by atoms with Gasteiger partial charge in [0.05, 0.1) is 46.8 Å². The van der Waals surface area contributed by atoms with E-state index >= 15 is 0 Å². The standard InChI is InChI=1S/C21H24O5/c1-22-17-7-5-4-6-14(17)21-16-12-25-20(15(16)11-26-21)13-8-9-18(23-2)19(10-13)24-3/h4-10,15-16,20-21H,11-12H2,1-3H3/t15-,16-,20?,21+/m0/s1. The summed E-state index contributed by atoms with van der Waals surface area (Å²) >= 11 is 0. The summed E-state index contributed by atoms with van der Waals surface area (Å²) in [4.78, 5) is 0. The zero-order valence-electron chi connectivity index (χ0n) is 15.3. The van der Waals surface area contributed by atoms with Crippen molar-refractivity contribution in [2.45, 2.75) is 12.2 Å². The molecule has 4 rings (SSSR count). The third-order valence-corrected chi connectivity index (χ3v) is 5.45. The maximum atomic E-state index is 6.19. The van der Waals surface area contributed by atoms with Gasteiger partial charge in [-0.25, -0.2) is 0 Å². The molecular formula is C21H24O5. The highest BCUT2D eigenvalue weighted by atomic mass is 16.5. The molecule has 0 saturated carbocycles. The van der Waals surface area contributed by atoms with E-state index < -0.39 is 0 Å². The molecule has 5 nitrogen and oxygen atoms in total. The topological polar surface area (TPSA) is 46.2 Å². The Labute approximate surface area is 153 Å². The smallest absolute Gasteiger partial charge is 0.161 e. The van der Waals surface area contributed by atoms with Gasteiger partial charge in [-0.15, -0.1) is 0 Å². The molecule has 2 aromatic rings. The van der Waals surface area contributed by atoms with Crippen LogP contribution in [0.4, 0.5) is 0 Å². The minimum atomic E-state index is -0.000451. The van der Waals surface area contributed by atoms with Crippen molar-refractivity contribution in [3.63, 3.8) is 0 Å². The third-order valence-electron chi connectivity index (χ3n) is 5.45. The summed E-state index contributed by atoms with van der Waals surface area (Å²) < 4.78 is 28.7. The van der Waals surface area contributed by atoms with Gasteiger partial charge in [-0.3, -0.25) is 0 Å². The minimum Gasteiger partial charge on any atom is -0.496 e. The van der Waals surface area contributed by atoms with Crippen molar-refractivity contribution in [3.8, 4) is 17.2 Å². The molecule has 0 N–H and O–H groups in total. The molecule has 2 aliphatic rings. The molecular weight excluding hydrogens is 332 g/mol. The first-order valence-electron chi connectivity index (χ1n) is 8.85. The molecule has 0 spiro atoms. The molecule has 2 aliphatic heterocycles. The molecule has 0 aromatic heterocycles. The van der Waals surface area contributed by atoms with Crippen molar-refractivity contribution in [1.82, 2.24) is 0 Å². The lowest BCUT2D eigenvalue weighted by Crippen LogP contribution is -2.15. The highest BCUT2D eigenvalue weighted by Gasteiger charge is 2.48. The molecule has 1 unspecified atom stereocenters. The van der Waals surface area contributed by atoms with Crippen LogP contribution >= 0.6 is 0 Å². The number of rotatable bonds is 5. The molecule has 0 bridgehead atoms. The summed E-state index contributed by atoms with van der Waals surface area (Å²) in [5.41, 5.74) is 2.19. The van der Waals surface area contributed by atoms with E-state index in [-0.39, 0.29) is 12.2 Å². The summed E-state index contributed by atoms with van der Waals surface area (Å²) in [6.07, 6.45) is 0.000747. The van der Waals surface area contributed by atoms with E-state index in [1.807, 2.05) is 36.4 Å². The molecule has 0 aliphatic carbocycles. The molecule has 5 heteroatoms. The molecule has 138 valence electrons. The molecule has 4 atom stereocenters. The number of hydrogen-bond donors (Lipinski definition) is 0. The summed E-state index contributed by atoms with van der Waals surface area (Å²) in [6, 6.07) is 14.0. The Morgan fingerprint density at radius 3 is 2.12 bits per heavy atom. The van der Waals surface area contributed by atoms with Crippen molar-refractivity contribution in [2.75, 3.05) is 34.5 Å². The van der Waals surface area contributed by atoms with Gasteiger partial charge in [0.15, 0.2) is 11.5 Å². The first kappa shape index (κ1) is 17.2. The Balaban J connectivity index is 1.59. The van der Waals surface area contributed by atoms with E-state index in [0.717, 1.165) is 28.4 Å². The Morgan fingerprint density at radius 1 is 0.731 bits per heavy atom.